The predicted molar refractivity (Wildman–Crippen MR) is 77.7 cm³/mol. The van der Waals surface area contributed by atoms with Crippen molar-refractivity contribution in [2.45, 2.75) is 13.0 Å². The van der Waals surface area contributed by atoms with E-state index in [1.165, 1.54) is 0 Å². The van der Waals surface area contributed by atoms with Gasteiger partial charge in [0, 0.05) is 24.4 Å². The zero-order valence-electron chi connectivity index (χ0n) is 10.8. The second kappa shape index (κ2) is 6.43. The summed E-state index contributed by atoms with van der Waals surface area (Å²) in [7, 11) is 1.63. The Kier molecular flexibility index (Phi) is 4.63. The SMILES string of the molecule is COc1ccc2ccccc2c1CNC(=O)CCCl. The fraction of sp³-hybridized carbons (Fsp3) is 0.267. The van der Waals surface area contributed by atoms with E-state index in [1.54, 1.807) is 7.11 Å². The summed E-state index contributed by atoms with van der Waals surface area (Å²) in [6.45, 7) is 0.445. The molecule has 0 fully saturated rings. The number of hydrogen-bond donors (Lipinski definition) is 1. The van der Waals surface area contributed by atoms with Crippen LogP contribution < -0.4 is 10.1 Å². The summed E-state index contributed by atoms with van der Waals surface area (Å²) >= 11 is 5.55. The normalized spacial score (nSPS) is 10.4. The van der Waals surface area contributed by atoms with Crippen LogP contribution in [-0.4, -0.2) is 18.9 Å². The van der Waals surface area contributed by atoms with Gasteiger partial charge >= 0.3 is 0 Å². The van der Waals surface area contributed by atoms with Crippen LogP contribution in [0.15, 0.2) is 36.4 Å². The van der Waals surface area contributed by atoms with E-state index in [1.807, 2.05) is 36.4 Å². The molecule has 0 aliphatic heterocycles. The molecule has 0 bridgehead atoms. The zero-order valence-corrected chi connectivity index (χ0v) is 11.5. The third kappa shape index (κ3) is 3.18. The lowest BCUT2D eigenvalue weighted by atomic mass is 10.0. The van der Waals surface area contributed by atoms with E-state index >= 15 is 0 Å². The maximum Gasteiger partial charge on any atom is 0.221 e. The molecule has 1 amide bonds. The van der Waals surface area contributed by atoms with Crippen molar-refractivity contribution in [3.63, 3.8) is 0 Å². The van der Waals surface area contributed by atoms with Crippen LogP contribution in [0.2, 0.25) is 0 Å². The molecule has 0 heterocycles. The van der Waals surface area contributed by atoms with Crippen molar-refractivity contribution in [2.75, 3.05) is 13.0 Å². The number of alkyl halides is 1. The maximum absolute atomic E-state index is 11.5. The molecule has 100 valence electrons. The maximum atomic E-state index is 11.5. The van der Waals surface area contributed by atoms with Crippen LogP contribution in [0.5, 0.6) is 5.75 Å². The van der Waals surface area contributed by atoms with E-state index in [2.05, 4.69) is 5.32 Å². The van der Waals surface area contributed by atoms with Gasteiger partial charge in [0.15, 0.2) is 0 Å². The number of amides is 1. The highest BCUT2D eigenvalue weighted by molar-refractivity contribution is 6.18. The molecule has 2 aromatic carbocycles. The van der Waals surface area contributed by atoms with Gasteiger partial charge in [-0.1, -0.05) is 30.3 Å². The van der Waals surface area contributed by atoms with Crippen molar-refractivity contribution in [3.05, 3.63) is 42.0 Å². The van der Waals surface area contributed by atoms with E-state index in [4.69, 9.17) is 16.3 Å². The molecule has 0 radical (unpaired) electrons. The summed E-state index contributed by atoms with van der Waals surface area (Å²) in [6.07, 6.45) is 0.328. The molecular weight excluding hydrogens is 262 g/mol. The van der Waals surface area contributed by atoms with Crippen LogP contribution in [0.25, 0.3) is 10.8 Å². The third-order valence-corrected chi connectivity index (χ3v) is 3.19. The number of nitrogens with one attached hydrogen (secondary N) is 1. The van der Waals surface area contributed by atoms with E-state index in [0.29, 0.717) is 18.8 Å². The van der Waals surface area contributed by atoms with Crippen molar-refractivity contribution in [1.29, 1.82) is 0 Å². The first-order valence-electron chi connectivity index (χ1n) is 6.13. The summed E-state index contributed by atoms with van der Waals surface area (Å²) in [5, 5.41) is 5.08. The molecule has 0 aliphatic rings. The number of ether oxygens (including phenoxy) is 1. The second-order valence-corrected chi connectivity index (χ2v) is 4.56. The molecule has 0 saturated heterocycles. The lowest BCUT2D eigenvalue weighted by molar-refractivity contribution is -0.120. The van der Waals surface area contributed by atoms with Crippen LogP contribution in [0.4, 0.5) is 0 Å². The Hall–Kier alpha value is -1.74. The number of methoxy groups -OCH3 is 1. The van der Waals surface area contributed by atoms with Gasteiger partial charge in [0.25, 0.3) is 0 Å². The minimum atomic E-state index is -0.0509. The van der Waals surface area contributed by atoms with Gasteiger partial charge in [-0.15, -0.1) is 11.6 Å². The van der Waals surface area contributed by atoms with E-state index in [-0.39, 0.29) is 5.91 Å². The van der Waals surface area contributed by atoms with Gasteiger partial charge in [0.2, 0.25) is 5.91 Å². The van der Waals surface area contributed by atoms with Crippen molar-refractivity contribution in [3.8, 4) is 5.75 Å². The molecule has 0 unspecified atom stereocenters. The Morgan fingerprint density at radius 1 is 1.26 bits per heavy atom. The van der Waals surface area contributed by atoms with Crippen molar-refractivity contribution < 1.29 is 9.53 Å². The topological polar surface area (TPSA) is 38.3 Å². The number of carbonyl (C=O) groups is 1. The molecule has 3 nitrogen and oxygen atoms in total. The summed E-state index contributed by atoms with van der Waals surface area (Å²) in [5.41, 5.74) is 0.989. The van der Waals surface area contributed by atoms with E-state index < -0.39 is 0 Å². The largest absolute Gasteiger partial charge is 0.496 e. The fourth-order valence-corrected chi connectivity index (χ4v) is 2.22. The molecule has 2 aromatic rings. The lowest BCUT2D eigenvalue weighted by Gasteiger charge is -2.12. The smallest absolute Gasteiger partial charge is 0.221 e. The van der Waals surface area contributed by atoms with Gasteiger partial charge in [0.1, 0.15) is 5.75 Å². The fourth-order valence-electron chi connectivity index (χ4n) is 2.05. The molecule has 0 atom stereocenters. The van der Waals surface area contributed by atoms with Gasteiger partial charge in [-0.25, -0.2) is 0 Å². The molecule has 19 heavy (non-hydrogen) atoms. The Morgan fingerprint density at radius 3 is 2.79 bits per heavy atom. The van der Waals surface area contributed by atoms with Gasteiger partial charge in [-0.2, -0.15) is 0 Å². The summed E-state index contributed by atoms with van der Waals surface area (Å²) in [4.78, 5) is 11.5. The van der Waals surface area contributed by atoms with Crippen LogP contribution in [-0.2, 0) is 11.3 Å². The summed E-state index contributed by atoms with van der Waals surface area (Å²) < 4.78 is 5.37. The van der Waals surface area contributed by atoms with Crippen LogP contribution in [0, 0.1) is 0 Å². The standard InChI is InChI=1S/C15H16ClNO2/c1-19-14-7-6-11-4-2-3-5-12(11)13(14)10-17-15(18)8-9-16/h2-7H,8-10H2,1H3,(H,17,18). The third-order valence-electron chi connectivity index (χ3n) is 3.00. The zero-order chi connectivity index (χ0) is 13.7. The number of fused-ring (bicyclic) bond motifs is 1. The molecule has 0 saturated carbocycles. The second-order valence-electron chi connectivity index (χ2n) is 4.18. The molecule has 0 aliphatic carbocycles. The summed E-state index contributed by atoms with van der Waals surface area (Å²) in [6, 6.07) is 12.0. The number of carbonyl (C=O) groups excluding carboxylic acids is 1. The van der Waals surface area contributed by atoms with Crippen LogP contribution >= 0.6 is 11.6 Å². The van der Waals surface area contributed by atoms with Crippen molar-refractivity contribution in [1.82, 2.24) is 5.32 Å². The highest BCUT2D eigenvalue weighted by Crippen LogP contribution is 2.27. The van der Waals surface area contributed by atoms with Crippen molar-refractivity contribution >= 4 is 28.3 Å². The highest BCUT2D eigenvalue weighted by atomic mass is 35.5. The first-order valence-corrected chi connectivity index (χ1v) is 6.67. The highest BCUT2D eigenvalue weighted by Gasteiger charge is 2.09. The van der Waals surface area contributed by atoms with Gasteiger partial charge in [-0.05, 0) is 16.8 Å². The molecule has 0 aromatic heterocycles. The molecule has 4 heteroatoms. The molecule has 2 rings (SSSR count). The van der Waals surface area contributed by atoms with Crippen LogP contribution in [0.3, 0.4) is 0 Å². The Morgan fingerprint density at radius 2 is 2.05 bits per heavy atom. The Labute approximate surface area is 117 Å². The van der Waals surface area contributed by atoms with Gasteiger partial charge < -0.3 is 10.1 Å². The number of rotatable bonds is 5. The van der Waals surface area contributed by atoms with Crippen molar-refractivity contribution in [2.24, 2.45) is 0 Å². The van der Waals surface area contributed by atoms with Crippen LogP contribution in [0.1, 0.15) is 12.0 Å². The number of hydrogen-bond acceptors (Lipinski definition) is 2. The lowest BCUT2D eigenvalue weighted by Crippen LogP contribution is -2.23. The molecule has 1 N–H and O–H groups in total. The molecule has 0 spiro atoms. The number of benzene rings is 2. The number of halogens is 1. The van der Waals surface area contributed by atoms with Gasteiger partial charge in [0.05, 0.1) is 7.11 Å². The first kappa shape index (κ1) is 13.7. The monoisotopic (exact) mass is 277 g/mol. The molecular formula is C15H16ClNO2. The summed E-state index contributed by atoms with van der Waals surface area (Å²) in [5.74, 6) is 1.06. The average molecular weight is 278 g/mol. The first-order chi connectivity index (χ1) is 9.26. The minimum Gasteiger partial charge on any atom is -0.496 e. The quantitative estimate of drug-likeness (QED) is 0.853. The minimum absolute atomic E-state index is 0.0509. The average Bonchev–Trinajstić information content (AvgIpc) is 2.44. The van der Waals surface area contributed by atoms with Gasteiger partial charge in [-0.3, -0.25) is 4.79 Å². The predicted octanol–water partition coefficient (Wildman–Crippen LogP) is 3.09. The Bertz CT molecular complexity index is 583. The van der Waals surface area contributed by atoms with E-state index in [0.717, 1.165) is 22.1 Å². The van der Waals surface area contributed by atoms with E-state index in [9.17, 15) is 4.79 Å². The Balaban J connectivity index is 2.31.